The van der Waals surface area contributed by atoms with Gasteiger partial charge in [0.25, 0.3) is 5.91 Å². The number of benzene rings is 1. The number of halogens is 1. The Morgan fingerprint density at radius 3 is 2.60 bits per heavy atom. The highest BCUT2D eigenvalue weighted by molar-refractivity contribution is 9.10. The van der Waals surface area contributed by atoms with Crippen molar-refractivity contribution in [3.8, 4) is 5.88 Å². The molecule has 4 nitrogen and oxygen atoms in total. The molecule has 0 saturated carbocycles. The van der Waals surface area contributed by atoms with Crippen LogP contribution in [-0.2, 0) is 5.41 Å². The Morgan fingerprint density at radius 2 is 1.96 bits per heavy atom. The van der Waals surface area contributed by atoms with Crippen molar-refractivity contribution in [3.05, 3.63) is 58.2 Å². The van der Waals surface area contributed by atoms with Gasteiger partial charge in [0.2, 0.25) is 5.88 Å². The van der Waals surface area contributed by atoms with Crippen LogP contribution in [0.15, 0.2) is 47.1 Å². The van der Waals surface area contributed by atoms with Gasteiger partial charge < -0.3 is 9.64 Å². The van der Waals surface area contributed by atoms with Gasteiger partial charge in [-0.1, -0.05) is 32.9 Å². The molecule has 2 aromatic rings. The van der Waals surface area contributed by atoms with E-state index in [4.69, 9.17) is 4.74 Å². The number of pyridine rings is 1. The first-order chi connectivity index (χ1) is 11.8. The second kappa shape index (κ2) is 7.16. The standard InChI is InChI=1S/C20H23BrN2O2/c1-20(2,3)15-8-6-14(7-9-15)19(24)23-12-10-16(13-23)25-18-17(21)5-4-11-22-18/h4-9,11,16H,10,12-13H2,1-3H3/t16-/m1/s1. The van der Waals surface area contributed by atoms with E-state index in [0.29, 0.717) is 19.0 Å². The van der Waals surface area contributed by atoms with Crippen LogP contribution in [0, 0.1) is 0 Å². The molecule has 0 radical (unpaired) electrons. The molecule has 1 fully saturated rings. The molecule has 1 amide bonds. The van der Waals surface area contributed by atoms with Crippen LogP contribution in [0.3, 0.4) is 0 Å². The predicted molar refractivity (Wildman–Crippen MR) is 102 cm³/mol. The largest absolute Gasteiger partial charge is 0.472 e. The molecule has 5 heteroatoms. The van der Waals surface area contributed by atoms with E-state index in [-0.39, 0.29) is 17.4 Å². The van der Waals surface area contributed by atoms with Gasteiger partial charge in [0.1, 0.15) is 6.10 Å². The van der Waals surface area contributed by atoms with Gasteiger partial charge in [0.15, 0.2) is 0 Å². The van der Waals surface area contributed by atoms with Crippen LogP contribution < -0.4 is 4.74 Å². The average molecular weight is 403 g/mol. The SMILES string of the molecule is CC(C)(C)c1ccc(C(=O)N2CC[C@@H](Oc3ncccc3Br)C2)cc1. The van der Waals surface area contributed by atoms with E-state index in [0.717, 1.165) is 16.5 Å². The summed E-state index contributed by atoms with van der Waals surface area (Å²) in [6.45, 7) is 7.80. The third-order valence-electron chi connectivity index (χ3n) is 4.43. The number of hydrogen-bond acceptors (Lipinski definition) is 3. The van der Waals surface area contributed by atoms with Crippen molar-refractivity contribution in [1.82, 2.24) is 9.88 Å². The molecule has 0 bridgehead atoms. The van der Waals surface area contributed by atoms with Gasteiger partial charge in [-0.2, -0.15) is 0 Å². The molecule has 0 N–H and O–H groups in total. The molecular weight excluding hydrogens is 380 g/mol. The molecule has 0 spiro atoms. The number of ether oxygens (including phenoxy) is 1. The van der Waals surface area contributed by atoms with Gasteiger partial charge >= 0.3 is 0 Å². The van der Waals surface area contributed by atoms with Crippen molar-refractivity contribution in [3.63, 3.8) is 0 Å². The third kappa shape index (κ3) is 4.21. The van der Waals surface area contributed by atoms with Gasteiger partial charge in [-0.25, -0.2) is 4.98 Å². The van der Waals surface area contributed by atoms with E-state index < -0.39 is 0 Å². The van der Waals surface area contributed by atoms with Crippen LogP contribution in [-0.4, -0.2) is 35.0 Å². The zero-order valence-corrected chi connectivity index (χ0v) is 16.4. The summed E-state index contributed by atoms with van der Waals surface area (Å²) in [5, 5.41) is 0. The van der Waals surface area contributed by atoms with E-state index in [9.17, 15) is 4.79 Å². The highest BCUT2D eigenvalue weighted by atomic mass is 79.9. The van der Waals surface area contributed by atoms with Crippen molar-refractivity contribution in [2.24, 2.45) is 0 Å². The second-order valence-corrected chi connectivity index (χ2v) is 8.25. The third-order valence-corrected chi connectivity index (χ3v) is 5.04. The van der Waals surface area contributed by atoms with Gasteiger partial charge in [0.05, 0.1) is 11.0 Å². The summed E-state index contributed by atoms with van der Waals surface area (Å²) in [5.41, 5.74) is 2.05. The number of likely N-dealkylation sites (tertiary alicyclic amines) is 1. The van der Waals surface area contributed by atoms with Crippen LogP contribution in [0.2, 0.25) is 0 Å². The molecule has 0 aliphatic carbocycles. The van der Waals surface area contributed by atoms with Crippen molar-refractivity contribution in [1.29, 1.82) is 0 Å². The van der Waals surface area contributed by atoms with Crippen LogP contribution in [0.5, 0.6) is 5.88 Å². The van der Waals surface area contributed by atoms with Crippen molar-refractivity contribution in [2.75, 3.05) is 13.1 Å². The molecule has 1 aromatic carbocycles. The number of amides is 1. The highest BCUT2D eigenvalue weighted by Crippen LogP contribution is 2.26. The number of aromatic nitrogens is 1. The van der Waals surface area contributed by atoms with E-state index in [1.807, 2.05) is 41.3 Å². The number of carbonyl (C=O) groups is 1. The first-order valence-electron chi connectivity index (χ1n) is 8.51. The molecule has 1 aliphatic heterocycles. The van der Waals surface area contributed by atoms with E-state index in [1.165, 1.54) is 5.56 Å². The minimum absolute atomic E-state index is 0.0241. The van der Waals surface area contributed by atoms with E-state index in [2.05, 4.69) is 41.7 Å². The second-order valence-electron chi connectivity index (χ2n) is 7.40. The van der Waals surface area contributed by atoms with Gasteiger partial charge in [-0.15, -0.1) is 0 Å². The lowest BCUT2D eigenvalue weighted by Gasteiger charge is -2.20. The normalized spacial score (nSPS) is 17.6. The first kappa shape index (κ1) is 17.9. The number of carbonyl (C=O) groups excluding carboxylic acids is 1. The molecule has 1 aromatic heterocycles. The minimum atomic E-state index is -0.0241. The Labute approximate surface area is 157 Å². The molecule has 2 heterocycles. The molecule has 3 rings (SSSR count). The number of nitrogens with zero attached hydrogens (tertiary/aromatic N) is 2. The monoisotopic (exact) mass is 402 g/mol. The lowest BCUT2D eigenvalue weighted by molar-refractivity contribution is 0.0771. The number of rotatable bonds is 3. The Bertz CT molecular complexity index is 753. The quantitative estimate of drug-likeness (QED) is 0.761. The van der Waals surface area contributed by atoms with Crippen molar-refractivity contribution < 1.29 is 9.53 Å². The van der Waals surface area contributed by atoms with Crippen LogP contribution in [0.25, 0.3) is 0 Å². The molecule has 1 saturated heterocycles. The van der Waals surface area contributed by atoms with Crippen LogP contribution in [0.1, 0.15) is 43.1 Å². The van der Waals surface area contributed by atoms with Crippen LogP contribution in [0.4, 0.5) is 0 Å². The molecule has 132 valence electrons. The zero-order valence-electron chi connectivity index (χ0n) is 14.8. The predicted octanol–water partition coefficient (Wildman–Crippen LogP) is 4.44. The molecule has 0 unspecified atom stereocenters. The molecule has 1 aliphatic rings. The summed E-state index contributed by atoms with van der Waals surface area (Å²) in [7, 11) is 0. The maximum Gasteiger partial charge on any atom is 0.253 e. The lowest BCUT2D eigenvalue weighted by Crippen LogP contribution is -2.31. The van der Waals surface area contributed by atoms with Crippen molar-refractivity contribution >= 4 is 21.8 Å². The Kier molecular flexibility index (Phi) is 5.13. The fourth-order valence-corrected chi connectivity index (χ4v) is 3.27. The highest BCUT2D eigenvalue weighted by Gasteiger charge is 2.29. The minimum Gasteiger partial charge on any atom is -0.472 e. The van der Waals surface area contributed by atoms with Gasteiger partial charge in [-0.3, -0.25) is 4.79 Å². The fourth-order valence-electron chi connectivity index (χ4n) is 2.92. The molecular formula is C20H23BrN2O2. The van der Waals surface area contributed by atoms with Gasteiger partial charge in [-0.05, 0) is 51.2 Å². The van der Waals surface area contributed by atoms with E-state index >= 15 is 0 Å². The summed E-state index contributed by atoms with van der Waals surface area (Å²) in [6.07, 6.45) is 2.49. The Morgan fingerprint density at radius 1 is 1.24 bits per heavy atom. The topological polar surface area (TPSA) is 42.4 Å². The van der Waals surface area contributed by atoms with Crippen molar-refractivity contribution in [2.45, 2.75) is 38.7 Å². The summed E-state index contributed by atoms with van der Waals surface area (Å²) in [5.74, 6) is 0.642. The Balaban J connectivity index is 1.63. The summed E-state index contributed by atoms with van der Waals surface area (Å²) >= 11 is 3.44. The van der Waals surface area contributed by atoms with Crippen LogP contribution >= 0.6 is 15.9 Å². The first-order valence-corrected chi connectivity index (χ1v) is 9.31. The smallest absolute Gasteiger partial charge is 0.253 e. The lowest BCUT2D eigenvalue weighted by atomic mass is 9.86. The summed E-state index contributed by atoms with van der Waals surface area (Å²) in [4.78, 5) is 18.8. The summed E-state index contributed by atoms with van der Waals surface area (Å²) in [6, 6.07) is 11.7. The molecule has 25 heavy (non-hydrogen) atoms. The molecule has 1 atom stereocenters. The van der Waals surface area contributed by atoms with Gasteiger partial charge in [0, 0.05) is 24.7 Å². The zero-order chi connectivity index (χ0) is 18.0. The Hall–Kier alpha value is -1.88. The maximum absolute atomic E-state index is 12.7. The van der Waals surface area contributed by atoms with E-state index in [1.54, 1.807) is 6.20 Å². The fraction of sp³-hybridized carbons (Fsp3) is 0.400. The maximum atomic E-state index is 12.7. The number of hydrogen-bond donors (Lipinski definition) is 0. The summed E-state index contributed by atoms with van der Waals surface area (Å²) < 4.78 is 6.77. The average Bonchev–Trinajstić information content (AvgIpc) is 3.04.